The van der Waals surface area contributed by atoms with Crippen LogP contribution < -0.4 is 0 Å². The Morgan fingerprint density at radius 1 is 1.25 bits per heavy atom. The molecule has 3 nitrogen and oxygen atoms in total. The largest absolute Gasteiger partial charge is 0.481 e. The number of allylic oxidation sites excluding steroid dienone is 4. The van der Waals surface area contributed by atoms with Gasteiger partial charge in [0.25, 0.3) is 0 Å². The molecule has 0 rings (SSSR count). The van der Waals surface area contributed by atoms with Gasteiger partial charge in [-0.1, -0.05) is 23.3 Å². The van der Waals surface area contributed by atoms with E-state index in [1.807, 2.05) is 14.1 Å². The van der Waals surface area contributed by atoms with E-state index < -0.39 is 5.97 Å². The highest BCUT2D eigenvalue weighted by Gasteiger charge is 2.11. The number of carboxylic acid groups (broad SMARTS) is 1. The number of nitrogens with zero attached hydrogens (tertiary/aromatic N) is 1. The summed E-state index contributed by atoms with van der Waals surface area (Å²) in [7, 11) is 4.10. The van der Waals surface area contributed by atoms with Gasteiger partial charge in [-0.15, -0.1) is 0 Å². The third-order valence-electron chi connectivity index (χ3n) is 3.23. The SMILES string of the molecule is CC(C)=CCCC(C)=CC(CCCN(C)C)CC(=O)O. The molecule has 3 heteroatoms. The fourth-order valence-corrected chi connectivity index (χ4v) is 2.21. The minimum Gasteiger partial charge on any atom is -0.481 e. The van der Waals surface area contributed by atoms with Crippen LogP contribution in [0.1, 0.15) is 52.9 Å². The Labute approximate surface area is 124 Å². The first kappa shape index (κ1) is 18.9. The Hall–Kier alpha value is -1.09. The second-order valence-electron chi connectivity index (χ2n) is 6.14. The summed E-state index contributed by atoms with van der Waals surface area (Å²) >= 11 is 0. The summed E-state index contributed by atoms with van der Waals surface area (Å²) in [5.41, 5.74) is 2.64. The van der Waals surface area contributed by atoms with E-state index in [-0.39, 0.29) is 12.3 Å². The Bertz CT molecular complexity index is 339. The lowest BCUT2D eigenvalue weighted by molar-refractivity contribution is -0.137. The molecule has 0 aliphatic heterocycles. The van der Waals surface area contributed by atoms with Crippen molar-refractivity contribution >= 4 is 5.97 Å². The molecule has 0 aliphatic carbocycles. The predicted molar refractivity (Wildman–Crippen MR) is 86.0 cm³/mol. The van der Waals surface area contributed by atoms with Gasteiger partial charge in [0.15, 0.2) is 0 Å². The van der Waals surface area contributed by atoms with Gasteiger partial charge in [-0.25, -0.2) is 0 Å². The maximum absolute atomic E-state index is 10.9. The number of carboxylic acids is 1. The zero-order chi connectivity index (χ0) is 15.5. The number of rotatable bonds is 10. The fourth-order valence-electron chi connectivity index (χ4n) is 2.21. The van der Waals surface area contributed by atoms with E-state index in [0.29, 0.717) is 0 Å². The van der Waals surface area contributed by atoms with Crippen LogP contribution in [0.15, 0.2) is 23.3 Å². The van der Waals surface area contributed by atoms with Gasteiger partial charge in [-0.3, -0.25) is 4.79 Å². The zero-order valence-electron chi connectivity index (χ0n) is 13.8. The zero-order valence-corrected chi connectivity index (χ0v) is 13.8. The van der Waals surface area contributed by atoms with Crippen molar-refractivity contribution in [3.63, 3.8) is 0 Å². The van der Waals surface area contributed by atoms with Crippen molar-refractivity contribution in [2.75, 3.05) is 20.6 Å². The molecule has 1 N–H and O–H groups in total. The highest BCUT2D eigenvalue weighted by Crippen LogP contribution is 2.18. The Morgan fingerprint density at radius 3 is 2.40 bits per heavy atom. The predicted octanol–water partition coefficient (Wildman–Crippen LogP) is 4.11. The summed E-state index contributed by atoms with van der Waals surface area (Å²) < 4.78 is 0. The Morgan fingerprint density at radius 2 is 1.90 bits per heavy atom. The monoisotopic (exact) mass is 281 g/mol. The van der Waals surface area contributed by atoms with Crippen LogP contribution in [0.3, 0.4) is 0 Å². The molecule has 0 aromatic carbocycles. The summed E-state index contributed by atoms with van der Waals surface area (Å²) in [6.45, 7) is 7.33. The van der Waals surface area contributed by atoms with Crippen molar-refractivity contribution in [1.82, 2.24) is 4.90 Å². The molecule has 0 heterocycles. The first-order chi connectivity index (χ1) is 9.31. The molecule has 0 amide bonds. The summed E-state index contributed by atoms with van der Waals surface area (Å²) in [6.07, 6.45) is 8.70. The lowest BCUT2D eigenvalue weighted by Crippen LogP contribution is -2.15. The summed E-state index contributed by atoms with van der Waals surface area (Å²) in [5, 5.41) is 9.00. The lowest BCUT2D eigenvalue weighted by Gasteiger charge is -2.14. The van der Waals surface area contributed by atoms with Crippen molar-refractivity contribution in [2.24, 2.45) is 5.92 Å². The molecule has 0 aromatic heterocycles. The van der Waals surface area contributed by atoms with Crippen molar-refractivity contribution in [2.45, 2.75) is 52.9 Å². The first-order valence-electron chi connectivity index (χ1n) is 7.48. The molecule has 1 atom stereocenters. The molecule has 0 aliphatic rings. The van der Waals surface area contributed by atoms with Crippen molar-refractivity contribution < 1.29 is 9.90 Å². The molecular formula is C17H31NO2. The molecule has 20 heavy (non-hydrogen) atoms. The van der Waals surface area contributed by atoms with Gasteiger partial charge in [-0.2, -0.15) is 0 Å². The van der Waals surface area contributed by atoms with Gasteiger partial charge < -0.3 is 10.0 Å². The maximum Gasteiger partial charge on any atom is 0.303 e. The van der Waals surface area contributed by atoms with Gasteiger partial charge in [0.1, 0.15) is 0 Å². The third-order valence-corrected chi connectivity index (χ3v) is 3.23. The topological polar surface area (TPSA) is 40.5 Å². The number of hydrogen-bond donors (Lipinski definition) is 1. The van der Waals surface area contributed by atoms with Gasteiger partial charge in [0, 0.05) is 0 Å². The van der Waals surface area contributed by atoms with E-state index in [9.17, 15) is 4.79 Å². The first-order valence-corrected chi connectivity index (χ1v) is 7.48. The lowest BCUT2D eigenvalue weighted by atomic mass is 9.95. The minimum absolute atomic E-state index is 0.166. The van der Waals surface area contributed by atoms with Crippen molar-refractivity contribution in [3.8, 4) is 0 Å². The second-order valence-corrected chi connectivity index (χ2v) is 6.14. The van der Waals surface area contributed by atoms with E-state index in [0.717, 1.165) is 32.2 Å². The standard InChI is InChI=1S/C17H31NO2/c1-14(2)8-6-9-15(3)12-16(13-17(19)20)10-7-11-18(4)5/h8,12,16H,6-7,9-11,13H2,1-5H3,(H,19,20). The minimum atomic E-state index is -0.701. The van der Waals surface area contributed by atoms with Crippen LogP contribution in [0.5, 0.6) is 0 Å². The second kappa shape index (κ2) is 10.7. The third kappa shape index (κ3) is 12.0. The smallest absolute Gasteiger partial charge is 0.303 e. The number of hydrogen-bond acceptors (Lipinski definition) is 2. The van der Waals surface area contributed by atoms with E-state index >= 15 is 0 Å². The van der Waals surface area contributed by atoms with Gasteiger partial charge in [0.2, 0.25) is 0 Å². The van der Waals surface area contributed by atoms with E-state index in [2.05, 4.69) is 37.8 Å². The molecule has 0 aromatic rings. The molecular weight excluding hydrogens is 250 g/mol. The van der Waals surface area contributed by atoms with Crippen LogP contribution in [0, 0.1) is 5.92 Å². The molecule has 116 valence electrons. The summed E-state index contributed by atoms with van der Waals surface area (Å²) in [5.74, 6) is -0.535. The van der Waals surface area contributed by atoms with Gasteiger partial charge >= 0.3 is 5.97 Å². The van der Waals surface area contributed by atoms with Crippen LogP contribution >= 0.6 is 0 Å². The van der Waals surface area contributed by atoms with E-state index in [1.165, 1.54) is 11.1 Å². The molecule has 0 saturated carbocycles. The maximum atomic E-state index is 10.9. The average Bonchev–Trinajstić information content (AvgIpc) is 2.26. The summed E-state index contributed by atoms with van der Waals surface area (Å²) in [4.78, 5) is 13.1. The fraction of sp³-hybridized carbons (Fsp3) is 0.706. The van der Waals surface area contributed by atoms with Crippen LogP contribution in [-0.2, 0) is 4.79 Å². The average molecular weight is 281 g/mol. The van der Waals surface area contributed by atoms with Crippen molar-refractivity contribution in [3.05, 3.63) is 23.3 Å². The number of aliphatic carboxylic acids is 1. The van der Waals surface area contributed by atoms with Gasteiger partial charge in [-0.05, 0) is 73.0 Å². The van der Waals surface area contributed by atoms with E-state index in [4.69, 9.17) is 5.11 Å². The van der Waals surface area contributed by atoms with Gasteiger partial charge in [0.05, 0.1) is 6.42 Å². The molecule has 0 spiro atoms. The normalized spacial score (nSPS) is 13.4. The summed E-state index contributed by atoms with van der Waals surface area (Å²) in [6, 6.07) is 0. The van der Waals surface area contributed by atoms with E-state index in [1.54, 1.807) is 0 Å². The Balaban J connectivity index is 4.37. The molecule has 0 fully saturated rings. The van der Waals surface area contributed by atoms with Crippen LogP contribution in [0.2, 0.25) is 0 Å². The highest BCUT2D eigenvalue weighted by atomic mass is 16.4. The quantitative estimate of drug-likeness (QED) is 0.613. The van der Waals surface area contributed by atoms with Crippen molar-refractivity contribution in [1.29, 1.82) is 0 Å². The molecule has 0 radical (unpaired) electrons. The molecule has 0 bridgehead atoms. The highest BCUT2D eigenvalue weighted by molar-refractivity contribution is 5.67. The molecule has 0 saturated heterocycles. The molecule has 1 unspecified atom stereocenters. The van der Waals surface area contributed by atoms with Crippen LogP contribution in [0.4, 0.5) is 0 Å². The number of carbonyl (C=O) groups is 1. The Kier molecular flexibility index (Phi) is 10.1. The van der Waals surface area contributed by atoms with Crippen LogP contribution in [0.25, 0.3) is 0 Å². The van der Waals surface area contributed by atoms with Crippen LogP contribution in [-0.4, -0.2) is 36.6 Å².